The minimum Gasteiger partial charge on any atom is -0.508 e. The molecule has 0 aromatic heterocycles. The Hall–Kier alpha value is -4.77. The van der Waals surface area contributed by atoms with E-state index in [9.17, 15) is 19.5 Å². The number of urea groups is 1. The van der Waals surface area contributed by atoms with Crippen LogP contribution in [0.2, 0.25) is 0 Å². The largest absolute Gasteiger partial charge is 0.508 e. The van der Waals surface area contributed by atoms with Crippen LogP contribution in [0.25, 0.3) is 0 Å². The van der Waals surface area contributed by atoms with Gasteiger partial charge in [0.15, 0.2) is 11.5 Å². The van der Waals surface area contributed by atoms with E-state index < -0.39 is 23.9 Å². The summed E-state index contributed by atoms with van der Waals surface area (Å²) < 4.78 is 16.8. The van der Waals surface area contributed by atoms with Crippen LogP contribution < -0.4 is 20.5 Å². The van der Waals surface area contributed by atoms with E-state index in [1.165, 1.54) is 0 Å². The number of aromatic hydroxyl groups is 1. The van der Waals surface area contributed by atoms with Gasteiger partial charge in [-0.25, -0.2) is 9.59 Å². The number of amides is 3. The fraction of sp³-hybridized carbons (Fsp3) is 0.400. The quantitative estimate of drug-likeness (QED) is 0.194. The molecule has 0 spiro atoms. The number of nitrogens with zero attached hydrogens (tertiary/aromatic N) is 2. The molecule has 1 aliphatic rings. The van der Waals surface area contributed by atoms with Gasteiger partial charge < -0.3 is 39.8 Å². The van der Waals surface area contributed by atoms with E-state index in [2.05, 4.69) is 12.4 Å². The number of carbonyl (C=O) groups excluding carboxylic acids is 3. The van der Waals surface area contributed by atoms with Crippen molar-refractivity contribution in [3.8, 4) is 17.2 Å². The summed E-state index contributed by atoms with van der Waals surface area (Å²) >= 11 is 0. The molecule has 1 aliphatic heterocycles. The van der Waals surface area contributed by atoms with Gasteiger partial charge in [0.25, 0.3) is 0 Å². The molecule has 4 N–H and O–H groups in total. The number of methoxy groups -OCH3 is 2. The molecule has 1 saturated heterocycles. The summed E-state index contributed by atoms with van der Waals surface area (Å²) in [5, 5.41) is 12.7. The van der Waals surface area contributed by atoms with Crippen LogP contribution in [0.3, 0.4) is 0 Å². The molecule has 1 fully saturated rings. The van der Waals surface area contributed by atoms with Crippen LogP contribution in [0.1, 0.15) is 48.2 Å². The molecule has 0 radical (unpaired) electrons. The first-order valence-electron chi connectivity index (χ1n) is 15.4. The highest BCUT2D eigenvalue weighted by Crippen LogP contribution is 2.31. The Balaban J connectivity index is 1.62. The van der Waals surface area contributed by atoms with Gasteiger partial charge in [0.1, 0.15) is 18.3 Å². The Labute approximate surface area is 270 Å². The monoisotopic (exact) mass is 633 g/mol. The maximum absolute atomic E-state index is 14.1. The van der Waals surface area contributed by atoms with Gasteiger partial charge in [-0.2, -0.15) is 0 Å². The van der Waals surface area contributed by atoms with Crippen molar-refractivity contribution < 1.29 is 38.2 Å². The Bertz CT molecular complexity index is 1510. The number of primary amides is 1. The van der Waals surface area contributed by atoms with Crippen molar-refractivity contribution in [3.05, 3.63) is 83.4 Å². The molecule has 3 aromatic rings. The number of hydrogen-bond acceptors (Lipinski definition) is 7. The zero-order chi connectivity index (χ0) is 33.4. The topological polar surface area (TPSA) is 140 Å². The highest BCUT2D eigenvalue weighted by atomic mass is 16.5. The van der Waals surface area contributed by atoms with Gasteiger partial charge in [-0.1, -0.05) is 12.1 Å². The SMILES string of the molecule is COc1ccc(C[N+]2(C)CCC[C@@H](N(C(=O)Nc3ccc(C(=O)OC(C)C)cc3)[C@@H](Cc3ccc(O)cc3)C(N)=O)C2)cc1OC. The Morgan fingerprint density at radius 1 is 0.978 bits per heavy atom. The van der Waals surface area contributed by atoms with Gasteiger partial charge >= 0.3 is 12.0 Å². The summed E-state index contributed by atoms with van der Waals surface area (Å²) in [4.78, 5) is 41.1. The van der Waals surface area contributed by atoms with Crippen LogP contribution in [0, 0.1) is 0 Å². The fourth-order valence-corrected chi connectivity index (χ4v) is 6.10. The van der Waals surface area contributed by atoms with Crippen LogP contribution in [0.15, 0.2) is 66.7 Å². The molecule has 246 valence electrons. The number of likely N-dealkylation sites (tertiary alicyclic amines) is 1. The lowest BCUT2D eigenvalue weighted by atomic mass is 9.96. The second-order valence-electron chi connectivity index (χ2n) is 12.3. The van der Waals surface area contributed by atoms with E-state index in [1.807, 2.05) is 18.2 Å². The van der Waals surface area contributed by atoms with Crippen molar-refractivity contribution in [2.24, 2.45) is 5.73 Å². The van der Waals surface area contributed by atoms with E-state index >= 15 is 0 Å². The number of hydrogen-bond donors (Lipinski definition) is 3. The standard InChI is InChI=1S/C35H44N4O7/c1-23(2)46-34(42)26-11-13-27(14-12-26)37-35(43)38(30(33(36)41)19-24-8-15-29(40)16-9-24)28-7-6-18-39(3,22-28)21-25-10-17-31(44-4)32(20-25)45-5/h8-17,20,23,28,30H,6-7,18-19,21-22H2,1-5H3,(H3-,36,37,40,41,42,43)/p+1/t28-,30+,39?/m1/s1. The first-order chi connectivity index (χ1) is 21.9. The normalized spacial score (nSPS) is 18.3. The van der Waals surface area contributed by atoms with E-state index in [1.54, 1.807) is 81.5 Å². The highest BCUT2D eigenvalue weighted by molar-refractivity contribution is 5.95. The van der Waals surface area contributed by atoms with E-state index in [0.717, 1.165) is 24.1 Å². The number of ether oxygens (including phenoxy) is 3. The smallest absolute Gasteiger partial charge is 0.338 e. The lowest BCUT2D eigenvalue weighted by Gasteiger charge is -2.46. The Morgan fingerprint density at radius 2 is 1.63 bits per heavy atom. The third-order valence-electron chi connectivity index (χ3n) is 8.27. The second-order valence-corrected chi connectivity index (χ2v) is 12.3. The molecular weight excluding hydrogens is 588 g/mol. The van der Waals surface area contributed by atoms with Crippen molar-refractivity contribution in [1.29, 1.82) is 0 Å². The average molecular weight is 634 g/mol. The molecule has 0 aliphatic carbocycles. The molecule has 0 saturated carbocycles. The van der Waals surface area contributed by atoms with Crippen LogP contribution >= 0.6 is 0 Å². The number of nitrogens with two attached hydrogens (primary N) is 1. The van der Waals surface area contributed by atoms with Crippen LogP contribution in [-0.2, 0) is 22.5 Å². The third-order valence-corrected chi connectivity index (χ3v) is 8.27. The third kappa shape index (κ3) is 8.69. The Morgan fingerprint density at radius 3 is 2.24 bits per heavy atom. The molecule has 1 heterocycles. The van der Waals surface area contributed by atoms with Crippen molar-refractivity contribution in [3.63, 3.8) is 0 Å². The molecule has 3 aromatic carbocycles. The highest BCUT2D eigenvalue weighted by Gasteiger charge is 2.41. The molecule has 0 bridgehead atoms. The predicted molar refractivity (Wildman–Crippen MR) is 175 cm³/mol. The summed E-state index contributed by atoms with van der Waals surface area (Å²) in [6, 6.07) is 17.1. The number of esters is 1. The number of quaternary nitrogens is 1. The zero-order valence-electron chi connectivity index (χ0n) is 27.2. The van der Waals surface area contributed by atoms with Gasteiger partial charge in [0.05, 0.1) is 52.1 Å². The number of carbonyl (C=O) groups is 3. The number of nitrogens with one attached hydrogen (secondary N) is 1. The lowest BCUT2D eigenvalue weighted by molar-refractivity contribution is -0.928. The number of phenols is 1. The minimum absolute atomic E-state index is 0.102. The van der Waals surface area contributed by atoms with Gasteiger partial charge in [-0.3, -0.25) is 4.79 Å². The number of piperidine rings is 1. The Kier molecular flexibility index (Phi) is 11.1. The number of phenolic OH excluding ortho intramolecular Hbond substituents is 1. The lowest BCUT2D eigenvalue weighted by Crippen LogP contribution is -2.62. The fourth-order valence-electron chi connectivity index (χ4n) is 6.10. The molecule has 1 unspecified atom stereocenters. The molecule has 11 nitrogen and oxygen atoms in total. The van der Waals surface area contributed by atoms with Gasteiger partial charge in [0, 0.05) is 17.7 Å². The summed E-state index contributed by atoms with van der Waals surface area (Å²) in [6.45, 7) is 5.70. The molecule has 46 heavy (non-hydrogen) atoms. The first-order valence-corrected chi connectivity index (χ1v) is 15.4. The number of anilines is 1. The molecule has 3 amide bonds. The van der Waals surface area contributed by atoms with E-state index in [4.69, 9.17) is 19.9 Å². The predicted octanol–water partition coefficient (Wildman–Crippen LogP) is 4.71. The van der Waals surface area contributed by atoms with Gasteiger partial charge in [0.2, 0.25) is 5.91 Å². The van der Waals surface area contributed by atoms with Crippen LogP contribution in [0.4, 0.5) is 10.5 Å². The number of likely N-dealkylation sites (N-methyl/N-ethyl adjacent to an activating group) is 1. The zero-order valence-corrected chi connectivity index (χ0v) is 27.2. The van der Waals surface area contributed by atoms with Crippen molar-refractivity contribution in [2.75, 3.05) is 39.7 Å². The maximum atomic E-state index is 14.1. The minimum atomic E-state index is -0.956. The number of rotatable bonds is 12. The summed E-state index contributed by atoms with van der Waals surface area (Å²) in [6.07, 6.45) is 1.44. The van der Waals surface area contributed by atoms with Crippen molar-refractivity contribution in [2.45, 2.75) is 57.8 Å². The van der Waals surface area contributed by atoms with Gasteiger partial charge in [-0.05, 0) is 86.8 Å². The van der Waals surface area contributed by atoms with Crippen LogP contribution in [0.5, 0.6) is 17.2 Å². The van der Waals surface area contributed by atoms with Gasteiger partial charge in [-0.15, -0.1) is 0 Å². The molecule has 4 rings (SSSR count). The molecule has 11 heteroatoms. The second kappa shape index (κ2) is 15.0. The van der Waals surface area contributed by atoms with Crippen molar-refractivity contribution in [1.82, 2.24) is 4.90 Å². The summed E-state index contributed by atoms with van der Waals surface area (Å²) in [7, 11) is 5.35. The van der Waals surface area contributed by atoms with Crippen LogP contribution in [-0.4, -0.2) is 84.9 Å². The van der Waals surface area contributed by atoms with Crippen molar-refractivity contribution >= 4 is 23.6 Å². The van der Waals surface area contributed by atoms with E-state index in [0.29, 0.717) is 46.7 Å². The maximum Gasteiger partial charge on any atom is 0.338 e. The summed E-state index contributed by atoms with van der Waals surface area (Å²) in [5.74, 6) is 0.315. The summed E-state index contributed by atoms with van der Waals surface area (Å²) in [5.41, 5.74) is 8.64. The number of benzene rings is 3. The van der Waals surface area contributed by atoms with E-state index in [-0.39, 0.29) is 24.3 Å². The molecular formula is C35H45N4O7+. The average Bonchev–Trinajstić information content (AvgIpc) is 3.01. The molecule has 3 atom stereocenters. The first kappa shape index (κ1) is 34.1.